The van der Waals surface area contributed by atoms with E-state index in [0.717, 1.165) is 0 Å². The smallest absolute Gasteiger partial charge is 0.125 e. The van der Waals surface area contributed by atoms with Gasteiger partial charge in [-0.3, -0.25) is 0 Å². The van der Waals surface area contributed by atoms with Gasteiger partial charge in [0, 0.05) is 0 Å². The summed E-state index contributed by atoms with van der Waals surface area (Å²) in [6.07, 6.45) is 12.2. The zero-order valence-electron chi connectivity index (χ0n) is 5.81. The lowest BCUT2D eigenvalue weighted by Gasteiger charge is -2.05. The second kappa shape index (κ2) is 4.42. The summed E-state index contributed by atoms with van der Waals surface area (Å²) in [7, 11) is 0. The summed E-state index contributed by atoms with van der Waals surface area (Å²) in [5.74, 6) is 0. The van der Waals surface area contributed by atoms with Crippen LogP contribution in [0.2, 0.25) is 0 Å². The summed E-state index contributed by atoms with van der Waals surface area (Å²) >= 11 is 0. The highest BCUT2D eigenvalue weighted by atomic mass is 16.5. The van der Waals surface area contributed by atoms with Gasteiger partial charge in [0.15, 0.2) is 0 Å². The molecule has 0 amide bonds. The van der Waals surface area contributed by atoms with Crippen LogP contribution in [0.25, 0.3) is 0 Å². The van der Waals surface area contributed by atoms with Gasteiger partial charge in [0.2, 0.25) is 0 Å². The molecule has 0 spiro atoms. The van der Waals surface area contributed by atoms with Crippen LogP contribution in [0.1, 0.15) is 38.5 Å². The molecule has 1 saturated carbocycles. The van der Waals surface area contributed by atoms with E-state index in [1.807, 2.05) is 0 Å². The molecule has 0 aromatic rings. The highest BCUT2D eigenvalue weighted by molar-refractivity contribution is 4.76. The fraction of sp³-hybridized carbons (Fsp3) is 0.750. The lowest BCUT2D eigenvalue weighted by atomic mass is 10.0. The molecule has 0 atom stereocenters. The largest absolute Gasteiger partial charge is 0.466 e. The Labute approximate surface area is 56.7 Å². The summed E-state index contributed by atoms with van der Waals surface area (Å²) < 4.78 is 4.25. The first kappa shape index (κ1) is 6.66. The Kier molecular flexibility index (Phi) is 3.27. The first-order chi connectivity index (χ1) is 4.50. The van der Waals surface area contributed by atoms with Gasteiger partial charge in [-0.25, -0.2) is 0 Å². The molecule has 0 aromatic heterocycles. The summed E-state index contributed by atoms with van der Waals surface area (Å²) in [6, 6.07) is 0. The third kappa shape index (κ3) is 5.41. The molecule has 2 rings (SSSR count). The van der Waals surface area contributed by atoms with Gasteiger partial charge in [-0.2, -0.15) is 0 Å². The van der Waals surface area contributed by atoms with Crippen LogP contribution in [0, 0.1) is 0 Å². The summed E-state index contributed by atoms with van der Waals surface area (Å²) in [4.78, 5) is 0. The van der Waals surface area contributed by atoms with Crippen molar-refractivity contribution in [1.29, 1.82) is 0 Å². The minimum absolute atomic E-state index is 1.50. The van der Waals surface area contributed by atoms with E-state index in [9.17, 15) is 0 Å². The molecule has 0 N–H and O–H groups in total. The molecule has 1 heterocycles. The van der Waals surface area contributed by atoms with Gasteiger partial charge < -0.3 is 4.74 Å². The Bertz CT molecular complexity index is 67.1. The maximum Gasteiger partial charge on any atom is 0.125 e. The van der Waals surface area contributed by atoms with Crippen molar-refractivity contribution in [2.45, 2.75) is 38.5 Å². The van der Waals surface area contributed by atoms with E-state index in [1.165, 1.54) is 38.5 Å². The lowest BCUT2D eigenvalue weighted by molar-refractivity contribution is 0.504. The molecule has 1 nitrogen and oxygen atoms in total. The summed E-state index contributed by atoms with van der Waals surface area (Å²) in [5, 5.41) is 0. The van der Waals surface area contributed by atoms with Crippen molar-refractivity contribution >= 4 is 0 Å². The predicted octanol–water partition coefficient (Wildman–Crippen LogP) is 2.83. The molecule has 0 saturated heterocycles. The monoisotopic (exact) mass is 126 g/mol. The SMILES string of the molecule is C1=CO1.C1CCCCC1. The Morgan fingerprint density at radius 2 is 0.889 bits per heavy atom. The van der Waals surface area contributed by atoms with Gasteiger partial charge in [0.1, 0.15) is 12.5 Å². The van der Waals surface area contributed by atoms with E-state index < -0.39 is 0 Å². The molecule has 0 bridgehead atoms. The molecular formula is C8H14O. The fourth-order valence-electron chi connectivity index (χ4n) is 1.06. The average molecular weight is 126 g/mol. The summed E-state index contributed by atoms with van der Waals surface area (Å²) in [5.41, 5.74) is 0. The van der Waals surface area contributed by atoms with E-state index in [2.05, 4.69) is 4.74 Å². The van der Waals surface area contributed by atoms with E-state index >= 15 is 0 Å². The minimum atomic E-state index is 1.50. The molecule has 1 aliphatic heterocycles. The average Bonchev–Trinajstić information content (AvgIpc) is 2.76. The zero-order chi connectivity index (χ0) is 6.36. The molecule has 0 radical (unpaired) electrons. The van der Waals surface area contributed by atoms with Gasteiger partial charge in [0.25, 0.3) is 0 Å². The van der Waals surface area contributed by atoms with E-state index in [4.69, 9.17) is 0 Å². The zero-order valence-corrected chi connectivity index (χ0v) is 5.81. The van der Waals surface area contributed by atoms with Crippen molar-refractivity contribution < 1.29 is 4.74 Å². The molecule has 2 aliphatic rings. The van der Waals surface area contributed by atoms with Gasteiger partial charge in [-0.05, 0) is 0 Å². The van der Waals surface area contributed by atoms with E-state index in [1.54, 1.807) is 12.5 Å². The Balaban J connectivity index is 0.000000112. The van der Waals surface area contributed by atoms with Crippen LogP contribution in [-0.4, -0.2) is 0 Å². The molecular weight excluding hydrogens is 112 g/mol. The Hall–Kier alpha value is -0.460. The van der Waals surface area contributed by atoms with Crippen LogP contribution in [0.4, 0.5) is 0 Å². The topological polar surface area (TPSA) is 12.5 Å². The lowest BCUT2D eigenvalue weighted by Crippen LogP contribution is -1.85. The second-order valence-electron chi connectivity index (χ2n) is 2.53. The van der Waals surface area contributed by atoms with Crippen molar-refractivity contribution in [1.82, 2.24) is 0 Å². The Morgan fingerprint density at radius 3 is 1.00 bits per heavy atom. The highest BCUT2D eigenvalue weighted by Gasteiger charge is 1.95. The van der Waals surface area contributed by atoms with Gasteiger partial charge in [0.05, 0.1) is 0 Å². The van der Waals surface area contributed by atoms with Crippen molar-refractivity contribution in [3.05, 3.63) is 12.5 Å². The Morgan fingerprint density at radius 1 is 0.667 bits per heavy atom. The molecule has 9 heavy (non-hydrogen) atoms. The third-order valence-corrected chi connectivity index (χ3v) is 1.64. The van der Waals surface area contributed by atoms with Crippen molar-refractivity contribution in [3.8, 4) is 0 Å². The fourth-order valence-corrected chi connectivity index (χ4v) is 1.06. The van der Waals surface area contributed by atoms with E-state index in [-0.39, 0.29) is 0 Å². The first-order valence-electron chi connectivity index (χ1n) is 3.80. The molecule has 1 heteroatoms. The number of ether oxygens (including phenoxy) is 1. The normalized spacial score (nSPS) is 21.3. The van der Waals surface area contributed by atoms with Crippen LogP contribution < -0.4 is 0 Å². The van der Waals surface area contributed by atoms with Gasteiger partial charge in [-0.1, -0.05) is 38.5 Å². The maximum atomic E-state index is 4.25. The molecule has 1 fully saturated rings. The molecule has 52 valence electrons. The quantitative estimate of drug-likeness (QED) is 0.486. The van der Waals surface area contributed by atoms with Gasteiger partial charge >= 0.3 is 0 Å². The van der Waals surface area contributed by atoms with Crippen molar-refractivity contribution in [2.24, 2.45) is 0 Å². The highest BCUT2D eigenvalue weighted by Crippen LogP contribution is 2.15. The predicted molar refractivity (Wildman–Crippen MR) is 37.9 cm³/mol. The molecule has 0 aromatic carbocycles. The van der Waals surface area contributed by atoms with Crippen LogP contribution in [0.5, 0.6) is 0 Å². The number of hydrogen-bond donors (Lipinski definition) is 0. The molecule has 0 unspecified atom stereocenters. The van der Waals surface area contributed by atoms with E-state index in [0.29, 0.717) is 0 Å². The number of rotatable bonds is 0. The van der Waals surface area contributed by atoms with Crippen LogP contribution in [0.3, 0.4) is 0 Å². The van der Waals surface area contributed by atoms with Crippen LogP contribution in [-0.2, 0) is 4.74 Å². The van der Waals surface area contributed by atoms with Crippen LogP contribution in [0.15, 0.2) is 12.5 Å². The van der Waals surface area contributed by atoms with Crippen molar-refractivity contribution in [3.63, 3.8) is 0 Å². The standard InChI is InChI=1S/C6H12.C2H2O/c1-2-4-6-5-3-1;1-2-3-1/h1-6H2;1-2H. The van der Waals surface area contributed by atoms with Gasteiger partial charge in [-0.15, -0.1) is 0 Å². The first-order valence-corrected chi connectivity index (χ1v) is 3.80. The molecule has 1 aliphatic carbocycles. The maximum absolute atomic E-state index is 4.25. The summed E-state index contributed by atoms with van der Waals surface area (Å²) in [6.45, 7) is 0. The minimum Gasteiger partial charge on any atom is -0.466 e. The van der Waals surface area contributed by atoms with Crippen LogP contribution >= 0.6 is 0 Å². The third-order valence-electron chi connectivity index (χ3n) is 1.64. The number of hydrogen-bond acceptors (Lipinski definition) is 1. The second-order valence-corrected chi connectivity index (χ2v) is 2.53. The van der Waals surface area contributed by atoms with Crippen molar-refractivity contribution in [2.75, 3.05) is 0 Å².